The zero-order valence-electron chi connectivity index (χ0n) is 15.9. The molecule has 1 amide bonds. The molecule has 0 saturated carbocycles. The molecule has 4 aromatic rings. The van der Waals surface area contributed by atoms with Crippen LogP contribution >= 0.6 is 0 Å². The van der Waals surface area contributed by atoms with Crippen LogP contribution < -0.4 is 10.1 Å². The van der Waals surface area contributed by atoms with Crippen molar-refractivity contribution in [2.45, 2.75) is 13.0 Å². The second-order valence-electron chi connectivity index (χ2n) is 6.73. The molecule has 0 saturated heterocycles. The van der Waals surface area contributed by atoms with Crippen LogP contribution in [0.5, 0.6) is 5.75 Å². The maximum absolute atomic E-state index is 12.1. The van der Waals surface area contributed by atoms with Crippen molar-refractivity contribution in [3.8, 4) is 17.0 Å². The molecule has 3 aromatic carbocycles. The summed E-state index contributed by atoms with van der Waals surface area (Å²) in [6.45, 7) is 1.55. The molecular weight excluding hydrogens is 348 g/mol. The Morgan fingerprint density at radius 1 is 0.929 bits per heavy atom. The molecule has 0 spiro atoms. The number of hydrogen-bond acceptors (Lipinski definition) is 2. The Kier molecular flexibility index (Phi) is 4.85. The first-order valence-corrected chi connectivity index (χ1v) is 9.24. The first-order chi connectivity index (χ1) is 13.7. The highest BCUT2D eigenvalue weighted by atomic mass is 16.5. The van der Waals surface area contributed by atoms with Crippen molar-refractivity contribution in [2.24, 2.45) is 0 Å². The molecule has 1 unspecified atom stereocenters. The van der Waals surface area contributed by atoms with Gasteiger partial charge in [0.1, 0.15) is 5.75 Å². The third-order valence-corrected chi connectivity index (χ3v) is 4.89. The van der Waals surface area contributed by atoms with Gasteiger partial charge in [-0.05, 0) is 29.3 Å². The minimum absolute atomic E-state index is 0.0786. The number of fused-ring (bicyclic) bond motifs is 1. The average molecular weight is 370 g/mol. The maximum Gasteiger partial charge on any atom is 0.217 e. The molecule has 0 bridgehead atoms. The number of carbonyl (C=O) groups is 1. The van der Waals surface area contributed by atoms with Gasteiger partial charge in [-0.1, -0.05) is 60.7 Å². The van der Waals surface area contributed by atoms with Crippen molar-refractivity contribution in [2.75, 3.05) is 7.11 Å². The lowest BCUT2D eigenvalue weighted by Crippen LogP contribution is -2.27. The Morgan fingerprint density at radius 3 is 2.29 bits per heavy atom. The fraction of sp³-hybridized carbons (Fsp3) is 0.125. The Balaban J connectivity index is 1.95. The van der Waals surface area contributed by atoms with E-state index < -0.39 is 0 Å². The van der Waals surface area contributed by atoms with Crippen LogP contribution in [0.4, 0.5) is 0 Å². The molecule has 0 fully saturated rings. The highest BCUT2D eigenvalue weighted by molar-refractivity contribution is 5.92. The van der Waals surface area contributed by atoms with E-state index in [0.717, 1.165) is 39.0 Å². The van der Waals surface area contributed by atoms with E-state index in [2.05, 4.69) is 34.6 Å². The van der Waals surface area contributed by atoms with Crippen molar-refractivity contribution >= 4 is 16.8 Å². The Hall–Kier alpha value is -3.53. The number of carbonyl (C=O) groups excluding carboxylic acids is 1. The Morgan fingerprint density at radius 2 is 1.61 bits per heavy atom. The summed E-state index contributed by atoms with van der Waals surface area (Å²) >= 11 is 0. The van der Waals surface area contributed by atoms with E-state index in [-0.39, 0.29) is 11.9 Å². The Bertz CT molecular complexity index is 1100. The van der Waals surface area contributed by atoms with Crippen LogP contribution in [0.1, 0.15) is 24.1 Å². The molecule has 1 aromatic heterocycles. The molecule has 2 N–H and O–H groups in total. The molecule has 1 heterocycles. The number of benzene rings is 3. The number of nitrogens with one attached hydrogen (secondary N) is 2. The molecule has 28 heavy (non-hydrogen) atoms. The number of hydrogen-bond donors (Lipinski definition) is 2. The van der Waals surface area contributed by atoms with Crippen LogP contribution in [0.15, 0.2) is 78.9 Å². The predicted octanol–water partition coefficient (Wildman–Crippen LogP) is 5.07. The molecule has 0 aliphatic rings. The number of amides is 1. The van der Waals surface area contributed by atoms with E-state index in [1.54, 1.807) is 14.0 Å². The van der Waals surface area contributed by atoms with Crippen molar-refractivity contribution in [3.05, 3.63) is 90.0 Å². The van der Waals surface area contributed by atoms with E-state index in [4.69, 9.17) is 4.74 Å². The number of ether oxygens (including phenoxy) is 1. The lowest BCUT2D eigenvalue weighted by atomic mass is 9.93. The molecule has 4 nitrogen and oxygen atoms in total. The SMILES string of the molecule is COc1ccc(C(NC(C)=O)c2c(-c3ccccc3)[nH]c3ccccc23)cc1. The van der Waals surface area contributed by atoms with Gasteiger partial charge in [0.05, 0.1) is 18.8 Å². The standard InChI is InChI=1S/C24H22N2O2/c1-16(27)25-23(18-12-14-19(28-2)15-13-18)22-20-10-6-7-11-21(20)26-24(22)17-8-4-3-5-9-17/h3-15,23,26H,1-2H3,(H,25,27). The quantitative estimate of drug-likeness (QED) is 0.515. The minimum Gasteiger partial charge on any atom is -0.497 e. The van der Waals surface area contributed by atoms with Crippen LogP contribution in [-0.4, -0.2) is 18.0 Å². The van der Waals surface area contributed by atoms with Gasteiger partial charge in [-0.15, -0.1) is 0 Å². The topological polar surface area (TPSA) is 54.1 Å². The fourth-order valence-electron chi connectivity index (χ4n) is 3.62. The van der Waals surface area contributed by atoms with Crippen molar-refractivity contribution < 1.29 is 9.53 Å². The van der Waals surface area contributed by atoms with Gasteiger partial charge in [0, 0.05) is 23.4 Å². The fourth-order valence-corrected chi connectivity index (χ4v) is 3.62. The Labute approximate surface area is 164 Å². The highest BCUT2D eigenvalue weighted by Crippen LogP contribution is 2.37. The largest absolute Gasteiger partial charge is 0.497 e. The highest BCUT2D eigenvalue weighted by Gasteiger charge is 2.24. The van der Waals surface area contributed by atoms with Gasteiger partial charge in [0.2, 0.25) is 5.91 Å². The lowest BCUT2D eigenvalue weighted by Gasteiger charge is -2.21. The summed E-state index contributed by atoms with van der Waals surface area (Å²) in [5.41, 5.74) is 5.19. The normalized spacial score (nSPS) is 11.9. The van der Waals surface area contributed by atoms with E-state index in [0.29, 0.717) is 0 Å². The first-order valence-electron chi connectivity index (χ1n) is 9.24. The van der Waals surface area contributed by atoms with Gasteiger partial charge in [0.25, 0.3) is 0 Å². The minimum atomic E-state index is -0.283. The molecule has 140 valence electrons. The number of para-hydroxylation sites is 1. The number of aromatic amines is 1. The van der Waals surface area contributed by atoms with Crippen molar-refractivity contribution in [3.63, 3.8) is 0 Å². The van der Waals surface area contributed by atoms with Crippen LogP contribution in [0.25, 0.3) is 22.2 Å². The van der Waals surface area contributed by atoms with E-state index in [9.17, 15) is 4.79 Å². The third-order valence-electron chi connectivity index (χ3n) is 4.89. The summed E-state index contributed by atoms with van der Waals surface area (Å²) in [5, 5.41) is 4.23. The summed E-state index contributed by atoms with van der Waals surface area (Å²) in [4.78, 5) is 15.6. The van der Waals surface area contributed by atoms with E-state index >= 15 is 0 Å². The molecule has 4 heteroatoms. The summed E-state index contributed by atoms with van der Waals surface area (Å²) in [6, 6.07) is 25.9. The molecule has 4 rings (SSSR count). The molecule has 0 radical (unpaired) electrons. The van der Waals surface area contributed by atoms with Crippen LogP contribution in [0, 0.1) is 0 Å². The second-order valence-corrected chi connectivity index (χ2v) is 6.73. The van der Waals surface area contributed by atoms with Gasteiger partial charge < -0.3 is 15.0 Å². The summed E-state index contributed by atoms with van der Waals surface area (Å²) in [5.74, 6) is 0.706. The van der Waals surface area contributed by atoms with E-state index in [1.165, 1.54) is 0 Å². The molecular formula is C24H22N2O2. The smallest absolute Gasteiger partial charge is 0.217 e. The maximum atomic E-state index is 12.1. The van der Waals surface area contributed by atoms with Crippen molar-refractivity contribution in [1.29, 1.82) is 0 Å². The van der Waals surface area contributed by atoms with Gasteiger partial charge in [0.15, 0.2) is 0 Å². The lowest BCUT2D eigenvalue weighted by molar-refractivity contribution is -0.119. The van der Waals surface area contributed by atoms with Gasteiger partial charge in [-0.25, -0.2) is 0 Å². The summed E-state index contributed by atoms with van der Waals surface area (Å²) in [7, 11) is 1.65. The van der Waals surface area contributed by atoms with Crippen LogP contribution in [0.2, 0.25) is 0 Å². The predicted molar refractivity (Wildman–Crippen MR) is 112 cm³/mol. The third kappa shape index (κ3) is 3.37. The van der Waals surface area contributed by atoms with Gasteiger partial charge >= 0.3 is 0 Å². The summed E-state index contributed by atoms with van der Waals surface area (Å²) in [6.07, 6.45) is 0. The molecule has 1 atom stereocenters. The molecule has 0 aliphatic carbocycles. The number of aromatic nitrogens is 1. The van der Waals surface area contributed by atoms with Gasteiger partial charge in [-0.2, -0.15) is 0 Å². The second kappa shape index (κ2) is 7.61. The zero-order chi connectivity index (χ0) is 19.5. The average Bonchev–Trinajstić information content (AvgIpc) is 3.12. The zero-order valence-corrected chi connectivity index (χ0v) is 15.9. The van der Waals surface area contributed by atoms with Crippen molar-refractivity contribution in [1.82, 2.24) is 10.3 Å². The number of H-pyrrole nitrogens is 1. The molecule has 0 aliphatic heterocycles. The summed E-state index contributed by atoms with van der Waals surface area (Å²) < 4.78 is 5.29. The monoisotopic (exact) mass is 370 g/mol. The van der Waals surface area contributed by atoms with Crippen LogP contribution in [-0.2, 0) is 4.79 Å². The van der Waals surface area contributed by atoms with Crippen LogP contribution in [0.3, 0.4) is 0 Å². The number of rotatable bonds is 5. The number of methoxy groups -OCH3 is 1. The first kappa shape index (κ1) is 17.9. The van der Waals surface area contributed by atoms with E-state index in [1.807, 2.05) is 54.6 Å². The van der Waals surface area contributed by atoms with Gasteiger partial charge in [-0.3, -0.25) is 4.79 Å².